The molecule has 2 nitrogen and oxygen atoms in total. The summed E-state index contributed by atoms with van der Waals surface area (Å²) in [6, 6.07) is 14.3. The molecule has 2 bridgehead atoms. The molecule has 2 N–H and O–H groups in total. The van der Waals surface area contributed by atoms with E-state index in [4.69, 9.17) is 5.73 Å². The molecule has 2 aromatic carbocycles. The second kappa shape index (κ2) is 3.22. The molecule has 0 aromatic heterocycles. The van der Waals surface area contributed by atoms with Crippen LogP contribution in [0.4, 0.5) is 5.69 Å². The molecule has 0 amide bonds. The average Bonchev–Trinajstić information content (AvgIpc) is 2.39. The van der Waals surface area contributed by atoms with Gasteiger partial charge >= 0.3 is 0 Å². The zero-order valence-electron chi connectivity index (χ0n) is 9.89. The smallest absolute Gasteiger partial charge is 0.145 e. The van der Waals surface area contributed by atoms with Gasteiger partial charge in [-0.3, -0.25) is 4.79 Å². The van der Waals surface area contributed by atoms with Crippen LogP contribution in [-0.4, -0.2) is 5.78 Å². The monoisotopic (exact) mass is 235 g/mol. The van der Waals surface area contributed by atoms with Gasteiger partial charge in [0.15, 0.2) is 0 Å². The topological polar surface area (TPSA) is 43.1 Å². The molecule has 2 aromatic rings. The fourth-order valence-corrected chi connectivity index (χ4v) is 3.47. The standard InChI is InChI=1S/C16H13NO/c17-9-5-6-12-13(7-9)14-8-15(18)16(12)11-4-2-1-3-10(11)14/h1-7,14,16H,8,17H2/t14-,16+/m0/s1. The Labute approximate surface area is 105 Å². The number of fused-ring (bicyclic) bond motifs is 1. The zero-order chi connectivity index (χ0) is 12.3. The lowest BCUT2D eigenvalue weighted by molar-refractivity contribution is -0.120. The summed E-state index contributed by atoms with van der Waals surface area (Å²) >= 11 is 0. The van der Waals surface area contributed by atoms with Crippen molar-refractivity contribution in [1.29, 1.82) is 0 Å². The van der Waals surface area contributed by atoms with Gasteiger partial charge in [0.25, 0.3) is 0 Å². The number of rotatable bonds is 0. The number of carbonyl (C=O) groups excluding carboxylic acids is 1. The lowest BCUT2D eigenvalue weighted by Gasteiger charge is -2.39. The molecule has 88 valence electrons. The molecule has 0 heterocycles. The number of nitrogens with two attached hydrogens (primary N) is 1. The fraction of sp³-hybridized carbons (Fsp3) is 0.188. The molecule has 2 heteroatoms. The third-order valence-electron chi connectivity index (χ3n) is 4.21. The van der Waals surface area contributed by atoms with Crippen LogP contribution in [0.2, 0.25) is 0 Å². The van der Waals surface area contributed by atoms with Crippen LogP contribution in [0.15, 0.2) is 42.5 Å². The van der Waals surface area contributed by atoms with Gasteiger partial charge < -0.3 is 5.73 Å². The van der Waals surface area contributed by atoms with Crippen molar-refractivity contribution in [2.24, 2.45) is 0 Å². The van der Waals surface area contributed by atoms with Crippen molar-refractivity contribution in [3.05, 3.63) is 64.7 Å². The third kappa shape index (κ3) is 1.10. The first-order valence-corrected chi connectivity index (χ1v) is 6.26. The number of benzene rings is 2. The van der Waals surface area contributed by atoms with Gasteiger partial charge in [0.1, 0.15) is 5.78 Å². The Balaban J connectivity index is 2.05. The van der Waals surface area contributed by atoms with Crippen LogP contribution in [0.25, 0.3) is 0 Å². The molecule has 0 saturated carbocycles. The minimum absolute atomic E-state index is 0.0678. The predicted octanol–water partition coefficient (Wildman–Crippen LogP) is 2.82. The van der Waals surface area contributed by atoms with Gasteiger partial charge in [-0.2, -0.15) is 0 Å². The maximum atomic E-state index is 12.2. The van der Waals surface area contributed by atoms with Crippen molar-refractivity contribution in [3.8, 4) is 0 Å². The van der Waals surface area contributed by atoms with E-state index >= 15 is 0 Å². The van der Waals surface area contributed by atoms with Gasteiger partial charge in [-0.1, -0.05) is 30.3 Å². The quantitative estimate of drug-likeness (QED) is 0.713. The molecule has 0 saturated heterocycles. The summed E-state index contributed by atoms with van der Waals surface area (Å²) in [6.45, 7) is 0. The minimum Gasteiger partial charge on any atom is -0.399 e. The summed E-state index contributed by atoms with van der Waals surface area (Å²) in [6.07, 6.45) is 0.623. The normalized spacial score (nSPS) is 23.7. The first kappa shape index (κ1) is 9.89. The van der Waals surface area contributed by atoms with E-state index in [9.17, 15) is 4.79 Å². The van der Waals surface area contributed by atoms with E-state index in [-0.39, 0.29) is 11.8 Å². The average molecular weight is 235 g/mol. The first-order valence-electron chi connectivity index (χ1n) is 6.26. The van der Waals surface area contributed by atoms with Crippen LogP contribution >= 0.6 is 0 Å². The fourth-order valence-electron chi connectivity index (χ4n) is 3.47. The van der Waals surface area contributed by atoms with Crippen LogP contribution in [0, 0.1) is 0 Å². The number of nitrogen functional groups attached to an aromatic ring is 1. The lowest BCUT2D eigenvalue weighted by atomic mass is 9.63. The van der Waals surface area contributed by atoms with E-state index in [1.165, 1.54) is 16.7 Å². The predicted molar refractivity (Wildman–Crippen MR) is 70.6 cm³/mol. The van der Waals surface area contributed by atoms with Crippen molar-refractivity contribution in [3.63, 3.8) is 0 Å². The van der Waals surface area contributed by atoms with E-state index in [1.807, 2.05) is 24.3 Å². The highest BCUT2D eigenvalue weighted by Crippen LogP contribution is 2.51. The summed E-state index contributed by atoms with van der Waals surface area (Å²) in [5.41, 5.74) is 11.6. The van der Waals surface area contributed by atoms with Crippen molar-refractivity contribution in [2.75, 3.05) is 5.73 Å². The molecule has 0 fully saturated rings. The summed E-state index contributed by atoms with van der Waals surface area (Å²) in [7, 11) is 0. The SMILES string of the molecule is Nc1ccc2c(c1)[C@H]1CC(=O)[C@@H]2c2ccccc21. The van der Waals surface area contributed by atoms with Gasteiger partial charge in [-0.15, -0.1) is 0 Å². The number of anilines is 1. The molecule has 0 aliphatic heterocycles. The number of hydrogen-bond acceptors (Lipinski definition) is 2. The van der Waals surface area contributed by atoms with Crippen molar-refractivity contribution < 1.29 is 4.79 Å². The molecule has 18 heavy (non-hydrogen) atoms. The molecule has 0 radical (unpaired) electrons. The Bertz CT molecular complexity index is 675. The molecule has 2 atom stereocenters. The number of carbonyl (C=O) groups is 1. The molecular weight excluding hydrogens is 222 g/mol. The molecule has 3 aliphatic rings. The van der Waals surface area contributed by atoms with E-state index in [0.717, 1.165) is 11.3 Å². The van der Waals surface area contributed by atoms with E-state index in [1.54, 1.807) is 0 Å². The Morgan fingerprint density at radius 2 is 1.67 bits per heavy atom. The number of Topliss-reactive ketones (excluding diaryl/α,β-unsaturated/α-hetero) is 1. The summed E-state index contributed by atoms with van der Waals surface area (Å²) in [5.74, 6) is 0.481. The van der Waals surface area contributed by atoms with Crippen molar-refractivity contribution in [2.45, 2.75) is 18.3 Å². The van der Waals surface area contributed by atoms with Crippen molar-refractivity contribution in [1.82, 2.24) is 0 Å². The van der Waals surface area contributed by atoms with Gasteiger partial charge in [-0.25, -0.2) is 0 Å². The largest absolute Gasteiger partial charge is 0.399 e. The van der Waals surface area contributed by atoms with Crippen LogP contribution < -0.4 is 5.73 Å². The van der Waals surface area contributed by atoms with E-state index in [0.29, 0.717) is 12.2 Å². The third-order valence-corrected chi connectivity index (χ3v) is 4.21. The number of hydrogen-bond donors (Lipinski definition) is 1. The van der Waals surface area contributed by atoms with E-state index in [2.05, 4.69) is 18.2 Å². The summed E-state index contributed by atoms with van der Waals surface area (Å²) in [4.78, 5) is 12.2. The maximum absolute atomic E-state index is 12.2. The number of ketones is 1. The highest BCUT2D eigenvalue weighted by Gasteiger charge is 2.42. The Morgan fingerprint density at radius 3 is 2.50 bits per heavy atom. The first-order chi connectivity index (χ1) is 8.75. The molecule has 0 spiro atoms. The second-order valence-electron chi connectivity index (χ2n) is 5.17. The lowest BCUT2D eigenvalue weighted by Crippen LogP contribution is -2.32. The van der Waals surface area contributed by atoms with Gasteiger partial charge in [0, 0.05) is 18.0 Å². The molecule has 0 unspecified atom stereocenters. The van der Waals surface area contributed by atoms with Crippen LogP contribution in [-0.2, 0) is 4.79 Å². The van der Waals surface area contributed by atoms with Crippen LogP contribution in [0.5, 0.6) is 0 Å². The van der Waals surface area contributed by atoms with Crippen LogP contribution in [0.3, 0.4) is 0 Å². The Hall–Kier alpha value is -2.09. The summed E-state index contributed by atoms with van der Waals surface area (Å²) in [5, 5.41) is 0. The Kier molecular flexibility index (Phi) is 1.77. The maximum Gasteiger partial charge on any atom is 0.145 e. The van der Waals surface area contributed by atoms with Gasteiger partial charge in [0.2, 0.25) is 0 Å². The van der Waals surface area contributed by atoms with Gasteiger partial charge in [-0.05, 0) is 34.4 Å². The molecule has 3 aliphatic carbocycles. The highest BCUT2D eigenvalue weighted by molar-refractivity contribution is 5.95. The Morgan fingerprint density at radius 1 is 0.944 bits per heavy atom. The van der Waals surface area contributed by atoms with Gasteiger partial charge in [0.05, 0.1) is 5.92 Å². The van der Waals surface area contributed by atoms with E-state index < -0.39 is 0 Å². The zero-order valence-corrected chi connectivity index (χ0v) is 9.89. The van der Waals surface area contributed by atoms with Crippen molar-refractivity contribution >= 4 is 11.5 Å². The molecule has 5 rings (SSSR count). The minimum atomic E-state index is -0.0678. The van der Waals surface area contributed by atoms with Crippen LogP contribution in [0.1, 0.15) is 40.5 Å². The second-order valence-corrected chi connectivity index (χ2v) is 5.17. The summed E-state index contributed by atoms with van der Waals surface area (Å²) < 4.78 is 0. The highest BCUT2D eigenvalue weighted by atomic mass is 16.1. The molecular formula is C16H13NO.